The first-order valence-corrected chi connectivity index (χ1v) is 9.48. The third kappa shape index (κ3) is 6.02. The summed E-state index contributed by atoms with van der Waals surface area (Å²) >= 11 is 5.20. The average Bonchev–Trinajstić information content (AvgIpc) is 3.22. The second-order valence-corrected chi connectivity index (χ2v) is 6.85. The van der Waals surface area contributed by atoms with E-state index in [1.165, 1.54) is 0 Å². The van der Waals surface area contributed by atoms with E-state index in [9.17, 15) is 9.59 Å². The van der Waals surface area contributed by atoms with Crippen molar-refractivity contribution in [1.29, 1.82) is 0 Å². The van der Waals surface area contributed by atoms with E-state index in [0.29, 0.717) is 23.6 Å². The van der Waals surface area contributed by atoms with Crippen LogP contribution in [0.25, 0.3) is 0 Å². The molecule has 0 bridgehead atoms. The first kappa shape index (κ1) is 20.3. The second-order valence-electron chi connectivity index (χ2n) is 6.44. The number of hydrogen-bond acceptors (Lipinski definition) is 4. The van der Waals surface area contributed by atoms with Crippen LogP contribution in [-0.2, 0) is 17.8 Å². The van der Waals surface area contributed by atoms with Crippen LogP contribution in [0.1, 0.15) is 27.2 Å². The van der Waals surface area contributed by atoms with E-state index in [-0.39, 0.29) is 23.3 Å². The molecule has 148 valence electrons. The summed E-state index contributed by atoms with van der Waals surface area (Å²) in [6.45, 7) is 2.29. The summed E-state index contributed by atoms with van der Waals surface area (Å²) in [6.07, 6.45) is 1.81. The second kappa shape index (κ2) is 9.66. The summed E-state index contributed by atoms with van der Waals surface area (Å²) in [5.41, 5.74) is 3.20. The van der Waals surface area contributed by atoms with Crippen molar-refractivity contribution in [2.45, 2.75) is 19.9 Å². The molecule has 0 unspecified atom stereocenters. The van der Waals surface area contributed by atoms with E-state index < -0.39 is 0 Å². The van der Waals surface area contributed by atoms with E-state index in [0.717, 1.165) is 11.1 Å². The molecule has 0 radical (unpaired) electrons. The molecule has 0 aliphatic rings. The molecule has 1 heterocycles. The first-order chi connectivity index (χ1) is 14.0. The Morgan fingerprint density at radius 1 is 1.00 bits per heavy atom. The van der Waals surface area contributed by atoms with Crippen molar-refractivity contribution in [2.24, 2.45) is 0 Å². The van der Waals surface area contributed by atoms with Gasteiger partial charge in [0.1, 0.15) is 5.76 Å². The minimum atomic E-state index is -0.206. The van der Waals surface area contributed by atoms with Crippen LogP contribution >= 0.6 is 12.2 Å². The Kier molecular flexibility index (Phi) is 6.76. The van der Waals surface area contributed by atoms with E-state index in [1.807, 2.05) is 31.2 Å². The zero-order chi connectivity index (χ0) is 20.6. The summed E-state index contributed by atoms with van der Waals surface area (Å²) in [7, 11) is 0. The number of aryl methyl sites for hydroxylation is 1. The number of rotatable bonds is 6. The molecule has 0 fully saturated rings. The molecule has 7 heteroatoms. The Morgan fingerprint density at radius 3 is 2.45 bits per heavy atom. The fourth-order valence-electron chi connectivity index (χ4n) is 2.70. The maximum atomic E-state index is 12.2. The monoisotopic (exact) mass is 407 g/mol. The minimum absolute atomic E-state index is 0.189. The van der Waals surface area contributed by atoms with Crippen molar-refractivity contribution in [1.82, 2.24) is 10.6 Å². The van der Waals surface area contributed by atoms with Gasteiger partial charge >= 0.3 is 0 Å². The fourth-order valence-corrected chi connectivity index (χ4v) is 2.93. The number of amides is 2. The number of benzene rings is 2. The van der Waals surface area contributed by atoms with Gasteiger partial charge in [0.05, 0.1) is 19.2 Å². The van der Waals surface area contributed by atoms with Gasteiger partial charge in [-0.05, 0) is 66.7 Å². The van der Waals surface area contributed by atoms with Gasteiger partial charge < -0.3 is 20.4 Å². The SMILES string of the molecule is Cc1ccccc1CC(=O)NC(=S)Nc1ccc(C(=O)NCc2ccco2)cc1. The molecule has 0 saturated carbocycles. The summed E-state index contributed by atoms with van der Waals surface area (Å²) < 4.78 is 5.18. The normalized spacial score (nSPS) is 10.2. The number of furan rings is 1. The number of carbonyl (C=O) groups excluding carboxylic acids is 2. The van der Waals surface area contributed by atoms with Crippen LogP contribution in [0.15, 0.2) is 71.3 Å². The third-order valence-electron chi connectivity index (χ3n) is 4.27. The maximum Gasteiger partial charge on any atom is 0.251 e. The van der Waals surface area contributed by atoms with Crippen molar-refractivity contribution in [3.63, 3.8) is 0 Å². The van der Waals surface area contributed by atoms with E-state index in [1.54, 1.807) is 42.7 Å². The number of anilines is 1. The van der Waals surface area contributed by atoms with E-state index >= 15 is 0 Å². The average molecular weight is 407 g/mol. The molecule has 3 N–H and O–H groups in total. The van der Waals surface area contributed by atoms with Gasteiger partial charge in [-0.2, -0.15) is 0 Å². The summed E-state index contributed by atoms with van der Waals surface area (Å²) in [5, 5.41) is 8.60. The van der Waals surface area contributed by atoms with Crippen molar-refractivity contribution in [2.75, 3.05) is 5.32 Å². The van der Waals surface area contributed by atoms with E-state index in [2.05, 4.69) is 16.0 Å². The van der Waals surface area contributed by atoms with Gasteiger partial charge in [-0.3, -0.25) is 9.59 Å². The Morgan fingerprint density at radius 2 is 1.76 bits per heavy atom. The molecule has 0 spiro atoms. The van der Waals surface area contributed by atoms with E-state index in [4.69, 9.17) is 16.6 Å². The van der Waals surface area contributed by atoms with Gasteiger partial charge in [-0.15, -0.1) is 0 Å². The van der Waals surface area contributed by atoms with Crippen molar-refractivity contribution >= 4 is 34.8 Å². The molecule has 2 aromatic carbocycles. The predicted molar refractivity (Wildman–Crippen MR) is 116 cm³/mol. The number of thiocarbonyl (C=S) groups is 1. The number of hydrogen-bond donors (Lipinski definition) is 3. The predicted octanol–water partition coefficient (Wildman–Crippen LogP) is 3.57. The Bertz CT molecular complexity index is 998. The van der Waals surface area contributed by atoms with Gasteiger partial charge in [0.25, 0.3) is 5.91 Å². The van der Waals surface area contributed by atoms with Crippen LogP contribution in [0.3, 0.4) is 0 Å². The van der Waals surface area contributed by atoms with Crippen LogP contribution in [0.2, 0.25) is 0 Å². The smallest absolute Gasteiger partial charge is 0.251 e. The number of carbonyl (C=O) groups is 2. The standard InChI is InChI=1S/C22H21N3O3S/c1-15-5-2-3-6-17(15)13-20(26)25-22(29)24-18-10-8-16(9-11-18)21(27)23-14-19-7-4-12-28-19/h2-12H,13-14H2,1H3,(H,23,27)(H2,24,25,26,29). The Hall–Kier alpha value is -3.45. The zero-order valence-corrected chi connectivity index (χ0v) is 16.7. The Balaban J connectivity index is 1.48. The lowest BCUT2D eigenvalue weighted by Gasteiger charge is -2.11. The van der Waals surface area contributed by atoms with Crippen LogP contribution < -0.4 is 16.0 Å². The summed E-state index contributed by atoms with van der Waals surface area (Å²) in [4.78, 5) is 24.3. The van der Waals surface area contributed by atoms with Gasteiger partial charge in [-0.25, -0.2) is 0 Å². The third-order valence-corrected chi connectivity index (χ3v) is 4.48. The molecule has 0 saturated heterocycles. The molecule has 29 heavy (non-hydrogen) atoms. The molecule has 3 rings (SSSR count). The van der Waals surface area contributed by atoms with Crippen molar-refractivity contribution < 1.29 is 14.0 Å². The van der Waals surface area contributed by atoms with Gasteiger partial charge in [-0.1, -0.05) is 24.3 Å². The largest absolute Gasteiger partial charge is 0.467 e. The summed E-state index contributed by atoms with van der Waals surface area (Å²) in [6, 6.07) is 18.1. The molecule has 6 nitrogen and oxygen atoms in total. The van der Waals surface area contributed by atoms with Crippen LogP contribution in [0.5, 0.6) is 0 Å². The molecule has 0 atom stereocenters. The zero-order valence-electron chi connectivity index (χ0n) is 15.9. The molecular weight excluding hydrogens is 386 g/mol. The molecule has 0 aliphatic heterocycles. The highest BCUT2D eigenvalue weighted by Gasteiger charge is 2.09. The molecule has 0 aliphatic carbocycles. The fraction of sp³-hybridized carbons (Fsp3) is 0.136. The van der Waals surface area contributed by atoms with Crippen LogP contribution in [0.4, 0.5) is 5.69 Å². The number of nitrogens with one attached hydrogen (secondary N) is 3. The van der Waals surface area contributed by atoms with Crippen LogP contribution in [0, 0.1) is 6.92 Å². The highest BCUT2D eigenvalue weighted by Crippen LogP contribution is 2.11. The highest BCUT2D eigenvalue weighted by molar-refractivity contribution is 7.80. The topological polar surface area (TPSA) is 83.4 Å². The summed E-state index contributed by atoms with van der Waals surface area (Å²) in [5.74, 6) is 0.288. The molecule has 3 aromatic rings. The van der Waals surface area contributed by atoms with Crippen LogP contribution in [-0.4, -0.2) is 16.9 Å². The molecular formula is C22H21N3O3S. The highest BCUT2D eigenvalue weighted by atomic mass is 32.1. The van der Waals surface area contributed by atoms with Gasteiger partial charge in [0, 0.05) is 11.3 Å². The molecule has 1 aromatic heterocycles. The van der Waals surface area contributed by atoms with Gasteiger partial charge in [0.15, 0.2) is 5.11 Å². The first-order valence-electron chi connectivity index (χ1n) is 9.07. The quantitative estimate of drug-likeness (QED) is 0.544. The lowest BCUT2D eigenvalue weighted by molar-refractivity contribution is -0.119. The maximum absolute atomic E-state index is 12.2. The van der Waals surface area contributed by atoms with Gasteiger partial charge in [0.2, 0.25) is 5.91 Å². The minimum Gasteiger partial charge on any atom is -0.467 e. The lowest BCUT2D eigenvalue weighted by Crippen LogP contribution is -2.35. The van der Waals surface area contributed by atoms with Crippen molar-refractivity contribution in [3.8, 4) is 0 Å². The lowest BCUT2D eigenvalue weighted by atomic mass is 10.1. The van der Waals surface area contributed by atoms with Crippen molar-refractivity contribution in [3.05, 3.63) is 89.4 Å². The Labute approximate surface area is 174 Å². The molecule has 2 amide bonds.